The lowest BCUT2D eigenvalue weighted by Crippen LogP contribution is -2.68. The van der Waals surface area contributed by atoms with Crippen molar-refractivity contribution in [1.29, 1.82) is 0 Å². The van der Waals surface area contributed by atoms with Gasteiger partial charge in [0.1, 0.15) is 0 Å². The van der Waals surface area contributed by atoms with Gasteiger partial charge in [0.05, 0.1) is 6.10 Å². The molecule has 176 valence electrons. The molecule has 1 aliphatic carbocycles. The van der Waals surface area contributed by atoms with E-state index >= 15 is 0 Å². The smallest absolute Gasteiger partial charge is 0.261 e. The average Bonchev–Trinajstić information content (AvgIpc) is 3.06. The summed E-state index contributed by atoms with van der Waals surface area (Å²) in [6, 6.07) is 27.8. The summed E-state index contributed by atoms with van der Waals surface area (Å²) in [7, 11) is -2.76. The zero-order valence-corrected chi connectivity index (χ0v) is 22.3. The van der Waals surface area contributed by atoms with E-state index in [1.807, 2.05) is 0 Å². The van der Waals surface area contributed by atoms with Gasteiger partial charge < -0.3 is 4.43 Å². The van der Waals surface area contributed by atoms with Gasteiger partial charge in [0, 0.05) is 12.0 Å². The molecule has 0 bridgehead atoms. The number of hydrogen-bond acceptors (Lipinski definition) is 2. The van der Waals surface area contributed by atoms with Crippen molar-refractivity contribution in [2.45, 2.75) is 59.1 Å². The largest absolute Gasteiger partial charge is 0.400 e. The standard InChI is InChI=1S/C31H36O2Si/c1-22-17-18-25(23(2)19-22)21-28-29(32)20-24(3)30(28)33-34(31(4,5)6,26-13-9-7-10-14-26)27-15-11-8-12-16-27/h7-19,21,24,30H,20H2,1-6H3/b28-21+. The number of ketones is 1. The van der Waals surface area contributed by atoms with Gasteiger partial charge in [-0.15, -0.1) is 0 Å². The molecule has 0 spiro atoms. The van der Waals surface area contributed by atoms with E-state index < -0.39 is 8.32 Å². The van der Waals surface area contributed by atoms with Crippen LogP contribution in [-0.2, 0) is 9.22 Å². The second kappa shape index (κ2) is 9.48. The van der Waals surface area contributed by atoms with Gasteiger partial charge in [0.25, 0.3) is 8.32 Å². The van der Waals surface area contributed by atoms with Crippen molar-refractivity contribution in [2.75, 3.05) is 0 Å². The molecule has 1 aliphatic rings. The third-order valence-corrected chi connectivity index (χ3v) is 12.1. The van der Waals surface area contributed by atoms with E-state index in [-0.39, 0.29) is 22.8 Å². The van der Waals surface area contributed by atoms with Crippen molar-refractivity contribution < 1.29 is 9.22 Å². The van der Waals surface area contributed by atoms with Crippen molar-refractivity contribution in [3.63, 3.8) is 0 Å². The SMILES string of the molecule is Cc1ccc(/C=C2\C(=O)CC(C)C2O[Si](c2ccccc2)(c2ccccc2)C(C)(C)C)c(C)c1. The van der Waals surface area contributed by atoms with Gasteiger partial charge in [-0.25, -0.2) is 0 Å². The Kier molecular flexibility index (Phi) is 6.79. The van der Waals surface area contributed by atoms with Crippen LogP contribution in [0.3, 0.4) is 0 Å². The Morgan fingerprint density at radius 2 is 1.44 bits per heavy atom. The van der Waals surface area contributed by atoms with Crippen LogP contribution >= 0.6 is 0 Å². The maximum atomic E-state index is 13.3. The fraction of sp³-hybridized carbons (Fsp3) is 0.323. The molecule has 0 saturated heterocycles. The zero-order valence-electron chi connectivity index (χ0n) is 21.3. The summed E-state index contributed by atoms with van der Waals surface area (Å²) in [5, 5.41) is 2.35. The summed E-state index contributed by atoms with van der Waals surface area (Å²) in [5.74, 6) is 0.335. The second-order valence-electron chi connectivity index (χ2n) is 10.8. The van der Waals surface area contributed by atoms with Crippen molar-refractivity contribution in [3.8, 4) is 0 Å². The van der Waals surface area contributed by atoms with Crippen LogP contribution in [0.1, 0.15) is 50.8 Å². The summed E-state index contributed by atoms with van der Waals surface area (Å²) in [5.41, 5.74) is 4.32. The van der Waals surface area contributed by atoms with E-state index in [2.05, 4.69) is 126 Å². The van der Waals surface area contributed by atoms with Crippen LogP contribution in [0.5, 0.6) is 0 Å². The second-order valence-corrected chi connectivity index (χ2v) is 15.0. The Bertz CT molecular complexity index is 1150. The molecule has 0 radical (unpaired) electrons. The first kappa shape index (κ1) is 24.4. The summed E-state index contributed by atoms with van der Waals surface area (Å²) in [4.78, 5) is 13.3. The number of hydrogen-bond donors (Lipinski definition) is 0. The van der Waals surface area contributed by atoms with Crippen molar-refractivity contribution >= 4 is 30.6 Å². The first-order chi connectivity index (χ1) is 16.1. The van der Waals surface area contributed by atoms with Gasteiger partial charge in [-0.3, -0.25) is 4.79 Å². The molecule has 0 aliphatic heterocycles. The van der Waals surface area contributed by atoms with Crippen LogP contribution in [0.2, 0.25) is 5.04 Å². The van der Waals surface area contributed by atoms with Crippen LogP contribution in [0.15, 0.2) is 84.4 Å². The number of carbonyl (C=O) groups excluding carboxylic acids is 1. The summed E-state index contributed by atoms with van der Waals surface area (Å²) < 4.78 is 7.42. The highest BCUT2D eigenvalue weighted by atomic mass is 28.4. The maximum Gasteiger partial charge on any atom is 0.261 e. The molecule has 2 nitrogen and oxygen atoms in total. The lowest BCUT2D eigenvalue weighted by atomic mass is 10.0. The average molecular weight is 469 g/mol. The van der Waals surface area contributed by atoms with Crippen LogP contribution < -0.4 is 10.4 Å². The quantitative estimate of drug-likeness (QED) is 0.327. The number of aryl methyl sites for hydroxylation is 2. The Morgan fingerprint density at radius 1 is 0.882 bits per heavy atom. The molecular formula is C31H36O2Si. The Morgan fingerprint density at radius 3 is 1.94 bits per heavy atom. The summed E-state index contributed by atoms with van der Waals surface area (Å²) in [6.45, 7) is 13.2. The first-order valence-electron chi connectivity index (χ1n) is 12.2. The lowest BCUT2D eigenvalue weighted by molar-refractivity contribution is -0.114. The zero-order chi connectivity index (χ0) is 24.5. The predicted octanol–water partition coefficient (Wildman–Crippen LogP) is 6.24. The normalized spacial score (nSPS) is 20.2. The van der Waals surface area contributed by atoms with Crippen LogP contribution in [-0.4, -0.2) is 20.2 Å². The molecule has 0 N–H and O–H groups in total. The number of rotatable bonds is 5. The fourth-order valence-electron chi connectivity index (χ4n) is 5.36. The highest BCUT2D eigenvalue weighted by Crippen LogP contribution is 2.42. The van der Waals surface area contributed by atoms with Gasteiger partial charge in [0.15, 0.2) is 5.78 Å². The summed E-state index contributed by atoms with van der Waals surface area (Å²) in [6.07, 6.45) is 2.38. The molecule has 1 saturated carbocycles. The molecule has 3 aromatic carbocycles. The highest BCUT2D eigenvalue weighted by Gasteiger charge is 2.53. The minimum Gasteiger partial charge on any atom is -0.400 e. The van der Waals surface area contributed by atoms with Crippen molar-refractivity contribution in [3.05, 3.63) is 101 Å². The Balaban J connectivity index is 1.89. The van der Waals surface area contributed by atoms with Crippen molar-refractivity contribution in [2.24, 2.45) is 5.92 Å². The molecule has 3 heteroatoms. The molecule has 2 atom stereocenters. The van der Waals surface area contributed by atoms with Crippen LogP contribution in [0, 0.1) is 19.8 Å². The van der Waals surface area contributed by atoms with Gasteiger partial charge in [-0.2, -0.15) is 0 Å². The molecule has 34 heavy (non-hydrogen) atoms. The predicted molar refractivity (Wildman–Crippen MR) is 145 cm³/mol. The number of Topliss-reactive ketones (excluding diaryl/α,β-unsaturated/α-hetero) is 1. The fourth-order valence-corrected chi connectivity index (χ4v) is 10.1. The van der Waals surface area contributed by atoms with Gasteiger partial charge >= 0.3 is 0 Å². The van der Waals surface area contributed by atoms with Crippen LogP contribution in [0.4, 0.5) is 0 Å². The summed E-state index contributed by atoms with van der Waals surface area (Å²) >= 11 is 0. The van der Waals surface area contributed by atoms with E-state index in [9.17, 15) is 4.79 Å². The van der Waals surface area contributed by atoms with E-state index in [1.54, 1.807) is 0 Å². The topological polar surface area (TPSA) is 26.3 Å². The highest BCUT2D eigenvalue weighted by molar-refractivity contribution is 6.99. The van der Waals surface area contributed by atoms with E-state index in [0.717, 1.165) is 11.1 Å². The molecular weight excluding hydrogens is 432 g/mol. The van der Waals surface area contributed by atoms with E-state index in [0.29, 0.717) is 6.42 Å². The minimum absolute atomic E-state index is 0.131. The Labute approximate surface area is 205 Å². The van der Waals surface area contributed by atoms with E-state index in [4.69, 9.17) is 4.43 Å². The minimum atomic E-state index is -2.76. The van der Waals surface area contributed by atoms with Gasteiger partial charge in [-0.05, 0) is 52.4 Å². The van der Waals surface area contributed by atoms with Gasteiger partial charge in [0.2, 0.25) is 0 Å². The molecule has 1 fully saturated rings. The molecule has 0 aromatic heterocycles. The van der Waals surface area contributed by atoms with Crippen LogP contribution in [0.25, 0.3) is 6.08 Å². The van der Waals surface area contributed by atoms with E-state index in [1.165, 1.54) is 21.5 Å². The Hall–Kier alpha value is -2.75. The third kappa shape index (κ3) is 4.47. The monoisotopic (exact) mass is 468 g/mol. The maximum absolute atomic E-state index is 13.3. The molecule has 4 rings (SSSR count). The molecule has 3 aromatic rings. The number of benzene rings is 3. The number of carbonyl (C=O) groups is 1. The lowest BCUT2D eigenvalue weighted by Gasteiger charge is -2.45. The molecule has 0 heterocycles. The first-order valence-corrected chi connectivity index (χ1v) is 14.2. The van der Waals surface area contributed by atoms with Gasteiger partial charge in [-0.1, -0.05) is 112 Å². The molecule has 0 amide bonds. The third-order valence-electron chi connectivity index (χ3n) is 7.11. The van der Waals surface area contributed by atoms with Crippen molar-refractivity contribution in [1.82, 2.24) is 0 Å². The molecule has 2 unspecified atom stereocenters.